The van der Waals surface area contributed by atoms with E-state index in [-0.39, 0.29) is 0 Å². The van der Waals surface area contributed by atoms with E-state index in [1.54, 1.807) is 0 Å². The summed E-state index contributed by atoms with van der Waals surface area (Å²) in [5.41, 5.74) is 1.40. The van der Waals surface area contributed by atoms with Gasteiger partial charge in [0.25, 0.3) is 0 Å². The largest absolute Gasteiger partial charge is 0.494 e. The summed E-state index contributed by atoms with van der Waals surface area (Å²) >= 11 is 0. The zero-order valence-corrected chi connectivity index (χ0v) is 11.3. The SMILES string of the molecule is CCC(C)c1ccc(OCCCCNC)cc1. The zero-order valence-electron chi connectivity index (χ0n) is 11.3. The van der Waals surface area contributed by atoms with Gasteiger partial charge in [-0.15, -0.1) is 0 Å². The first-order valence-corrected chi connectivity index (χ1v) is 6.65. The van der Waals surface area contributed by atoms with Gasteiger partial charge in [0.2, 0.25) is 0 Å². The molecule has 0 spiro atoms. The summed E-state index contributed by atoms with van der Waals surface area (Å²) in [6, 6.07) is 8.52. The lowest BCUT2D eigenvalue weighted by Crippen LogP contribution is -2.09. The minimum atomic E-state index is 0.639. The molecule has 2 nitrogen and oxygen atoms in total. The molecule has 1 unspecified atom stereocenters. The molecule has 0 amide bonds. The fraction of sp³-hybridized carbons (Fsp3) is 0.600. The summed E-state index contributed by atoms with van der Waals surface area (Å²) in [4.78, 5) is 0. The van der Waals surface area contributed by atoms with Crippen LogP contribution in [-0.2, 0) is 0 Å². The lowest BCUT2D eigenvalue weighted by molar-refractivity contribution is 0.306. The molecule has 0 fully saturated rings. The van der Waals surface area contributed by atoms with Crippen LogP contribution in [0.3, 0.4) is 0 Å². The van der Waals surface area contributed by atoms with Gasteiger partial charge in [-0.3, -0.25) is 0 Å². The van der Waals surface area contributed by atoms with E-state index in [1.165, 1.54) is 18.4 Å². The molecule has 0 aliphatic carbocycles. The van der Waals surface area contributed by atoms with Crippen molar-refractivity contribution in [3.8, 4) is 5.75 Å². The molecule has 0 saturated heterocycles. The van der Waals surface area contributed by atoms with Crippen LogP contribution in [0.4, 0.5) is 0 Å². The highest BCUT2D eigenvalue weighted by Crippen LogP contribution is 2.21. The van der Waals surface area contributed by atoms with E-state index in [2.05, 4.69) is 43.4 Å². The zero-order chi connectivity index (χ0) is 12.5. The fourth-order valence-electron chi connectivity index (χ4n) is 1.72. The van der Waals surface area contributed by atoms with Crippen LogP contribution in [-0.4, -0.2) is 20.2 Å². The highest BCUT2D eigenvalue weighted by atomic mass is 16.5. The molecule has 0 aliphatic heterocycles. The molecule has 96 valence electrons. The molecule has 1 atom stereocenters. The molecule has 0 aromatic heterocycles. The van der Waals surface area contributed by atoms with E-state index in [1.807, 2.05) is 7.05 Å². The van der Waals surface area contributed by atoms with Crippen molar-refractivity contribution in [1.29, 1.82) is 0 Å². The molecule has 0 bridgehead atoms. The van der Waals surface area contributed by atoms with Gasteiger partial charge in [-0.1, -0.05) is 26.0 Å². The summed E-state index contributed by atoms with van der Waals surface area (Å²) in [5.74, 6) is 1.63. The number of unbranched alkanes of at least 4 members (excludes halogenated alkanes) is 1. The van der Waals surface area contributed by atoms with Gasteiger partial charge < -0.3 is 10.1 Å². The molecule has 17 heavy (non-hydrogen) atoms. The second-order valence-corrected chi connectivity index (χ2v) is 4.54. The van der Waals surface area contributed by atoms with Crippen molar-refractivity contribution in [3.05, 3.63) is 29.8 Å². The molecule has 0 heterocycles. The molecular formula is C15H25NO. The minimum Gasteiger partial charge on any atom is -0.494 e. The maximum atomic E-state index is 5.69. The molecule has 1 N–H and O–H groups in total. The maximum Gasteiger partial charge on any atom is 0.119 e. The van der Waals surface area contributed by atoms with Gasteiger partial charge in [0.1, 0.15) is 5.75 Å². The number of rotatable bonds is 8. The van der Waals surface area contributed by atoms with Gasteiger partial charge in [0.05, 0.1) is 6.61 Å². The van der Waals surface area contributed by atoms with Gasteiger partial charge in [-0.2, -0.15) is 0 Å². The standard InChI is InChI=1S/C15H25NO/c1-4-13(2)14-7-9-15(10-8-14)17-12-6-5-11-16-3/h7-10,13,16H,4-6,11-12H2,1-3H3. The first-order chi connectivity index (χ1) is 8.27. The molecule has 0 aliphatic rings. The highest BCUT2D eigenvalue weighted by molar-refractivity contribution is 5.29. The molecule has 0 saturated carbocycles. The topological polar surface area (TPSA) is 21.3 Å². The van der Waals surface area contributed by atoms with E-state index < -0.39 is 0 Å². The van der Waals surface area contributed by atoms with E-state index in [0.717, 1.165) is 25.3 Å². The first kappa shape index (κ1) is 14.0. The normalized spacial score (nSPS) is 12.4. The van der Waals surface area contributed by atoms with Gasteiger partial charge in [-0.25, -0.2) is 0 Å². The molecule has 1 aromatic rings. The molecule has 2 heteroatoms. The van der Waals surface area contributed by atoms with Crippen LogP contribution in [0, 0.1) is 0 Å². The van der Waals surface area contributed by atoms with Crippen molar-refractivity contribution in [1.82, 2.24) is 5.32 Å². The van der Waals surface area contributed by atoms with Crippen LogP contribution in [0.15, 0.2) is 24.3 Å². The molecule has 1 aromatic carbocycles. The minimum absolute atomic E-state index is 0.639. The van der Waals surface area contributed by atoms with E-state index in [9.17, 15) is 0 Å². The van der Waals surface area contributed by atoms with Gasteiger partial charge >= 0.3 is 0 Å². The maximum absolute atomic E-state index is 5.69. The Hall–Kier alpha value is -1.02. The van der Waals surface area contributed by atoms with Crippen LogP contribution in [0.2, 0.25) is 0 Å². The number of hydrogen-bond donors (Lipinski definition) is 1. The second-order valence-electron chi connectivity index (χ2n) is 4.54. The summed E-state index contributed by atoms with van der Waals surface area (Å²) in [7, 11) is 1.98. The predicted octanol–water partition coefficient (Wildman–Crippen LogP) is 3.58. The third-order valence-electron chi connectivity index (χ3n) is 3.15. The molecular weight excluding hydrogens is 210 g/mol. The van der Waals surface area contributed by atoms with Crippen LogP contribution >= 0.6 is 0 Å². The Labute approximate surface area is 105 Å². The van der Waals surface area contributed by atoms with Crippen molar-refractivity contribution >= 4 is 0 Å². The Morgan fingerprint density at radius 1 is 1.18 bits per heavy atom. The number of benzene rings is 1. The average molecular weight is 235 g/mol. The predicted molar refractivity (Wildman–Crippen MR) is 73.8 cm³/mol. The smallest absolute Gasteiger partial charge is 0.119 e. The van der Waals surface area contributed by atoms with Crippen LogP contribution in [0.5, 0.6) is 5.75 Å². The lowest BCUT2D eigenvalue weighted by atomic mass is 9.99. The quantitative estimate of drug-likeness (QED) is 0.695. The van der Waals surface area contributed by atoms with Crippen molar-refractivity contribution in [2.45, 2.75) is 39.0 Å². The van der Waals surface area contributed by atoms with Gasteiger partial charge in [0, 0.05) is 0 Å². The summed E-state index contributed by atoms with van der Waals surface area (Å²) in [5, 5.41) is 3.14. The Kier molecular flexibility index (Phi) is 6.71. The highest BCUT2D eigenvalue weighted by Gasteiger charge is 2.02. The number of hydrogen-bond acceptors (Lipinski definition) is 2. The van der Waals surface area contributed by atoms with E-state index in [4.69, 9.17) is 4.74 Å². The summed E-state index contributed by atoms with van der Waals surface area (Å²) < 4.78 is 5.69. The van der Waals surface area contributed by atoms with E-state index >= 15 is 0 Å². The Balaban J connectivity index is 2.30. The van der Waals surface area contributed by atoms with Gasteiger partial charge in [0.15, 0.2) is 0 Å². The van der Waals surface area contributed by atoms with Crippen molar-refractivity contribution in [3.63, 3.8) is 0 Å². The third kappa shape index (κ3) is 5.22. The van der Waals surface area contributed by atoms with Crippen molar-refractivity contribution in [2.75, 3.05) is 20.2 Å². The Morgan fingerprint density at radius 3 is 2.47 bits per heavy atom. The summed E-state index contributed by atoms with van der Waals surface area (Å²) in [6.07, 6.45) is 3.46. The third-order valence-corrected chi connectivity index (χ3v) is 3.15. The average Bonchev–Trinajstić information content (AvgIpc) is 2.38. The fourth-order valence-corrected chi connectivity index (χ4v) is 1.72. The van der Waals surface area contributed by atoms with Crippen molar-refractivity contribution < 1.29 is 4.74 Å². The molecule has 1 rings (SSSR count). The number of nitrogens with one attached hydrogen (secondary N) is 1. The molecule has 0 radical (unpaired) electrons. The van der Waals surface area contributed by atoms with Gasteiger partial charge in [-0.05, 0) is 56.5 Å². The van der Waals surface area contributed by atoms with Crippen molar-refractivity contribution in [2.24, 2.45) is 0 Å². The van der Waals surface area contributed by atoms with E-state index in [0.29, 0.717) is 5.92 Å². The monoisotopic (exact) mass is 235 g/mol. The summed E-state index contributed by atoms with van der Waals surface area (Å²) in [6.45, 7) is 6.35. The van der Waals surface area contributed by atoms with Crippen LogP contribution in [0.1, 0.15) is 44.6 Å². The Bertz CT molecular complexity index is 294. The van der Waals surface area contributed by atoms with Crippen LogP contribution < -0.4 is 10.1 Å². The van der Waals surface area contributed by atoms with Crippen LogP contribution in [0.25, 0.3) is 0 Å². The first-order valence-electron chi connectivity index (χ1n) is 6.65. The second kappa shape index (κ2) is 8.13. The Morgan fingerprint density at radius 2 is 1.88 bits per heavy atom. The lowest BCUT2D eigenvalue weighted by Gasteiger charge is -2.10. The number of ether oxygens (including phenoxy) is 1.